The highest BCUT2D eigenvalue weighted by atomic mass is 16.5. The maximum atomic E-state index is 11.1. The lowest BCUT2D eigenvalue weighted by Crippen LogP contribution is -1.99. The van der Waals surface area contributed by atoms with Crippen molar-refractivity contribution in [2.75, 3.05) is 6.61 Å². The molecular weight excluding hydrogens is 228 g/mol. The molecule has 18 heavy (non-hydrogen) atoms. The molecule has 3 nitrogen and oxygen atoms in total. The highest BCUT2D eigenvalue weighted by Crippen LogP contribution is 2.20. The van der Waals surface area contributed by atoms with Gasteiger partial charge in [-0.1, -0.05) is 18.1 Å². The quantitative estimate of drug-likeness (QED) is 0.615. The maximum Gasteiger partial charge on any atom is 0.384 e. The van der Waals surface area contributed by atoms with Gasteiger partial charge in [-0.2, -0.15) is 0 Å². The molecule has 90 valence electrons. The average Bonchev–Trinajstić information content (AvgIpc) is 2.36. The van der Waals surface area contributed by atoms with Gasteiger partial charge in [0.1, 0.15) is 5.75 Å². The lowest BCUT2D eigenvalue weighted by molar-refractivity contribution is -0.136. The zero-order valence-electron chi connectivity index (χ0n) is 9.93. The SMILES string of the molecule is CCOC(=O)C#Cc1ccc2ccc(O)cc2c1. The van der Waals surface area contributed by atoms with Gasteiger partial charge in [-0.15, -0.1) is 0 Å². The van der Waals surface area contributed by atoms with E-state index in [4.69, 9.17) is 4.74 Å². The lowest BCUT2D eigenvalue weighted by Gasteiger charge is -1.99. The minimum absolute atomic E-state index is 0.206. The molecule has 0 amide bonds. The number of carbonyl (C=O) groups excluding carboxylic acids is 1. The Morgan fingerprint density at radius 2 is 2.00 bits per heavy atom. The summed E-state index contributed by atoms with van der Waals surface area (Å²) < 4.78 is 4.72. The van der Waals surface area contributed by atoms with Crippen molar-refractivity contribution < 1.29 is 14.6 Å². The van der Waals surface area contributed by atoms with E-state index >= 15 is 0 Å². The van der Waals surface area contributed by atoms with Crippen molar-refractivity contribution in [3.8, 4) is 17.6 Å². The van der Waals surface area contributed by atoms with Crippen LogP contribution in [0.5, 0.6) is 5.75 Å². The van der Waals surface area contributed by atoms with E-state index in [-0.39, 0.29) is 5.75 Å². The number of rotatable bonds is 1. The molecule has 0 aliphatic carbocycles. The minimum Gasteiger partial charge on any atom is -0.508 e. The second-order valence-corrected chi connectivity index (χ2v) is 3.72. The molecule has 0 aliphatic rings. The Hall–Kier alpha value is -2.47. The van der Waals surface area contributed by atoms with E-state index < -0.39 is 5.97 Å². The first-order valence-electron chi connectivity index (χ1n) is 5.60. The Morgan fingerprint density at radius 3 is 2.78 bits per heavy atom. The fourth-order valence-corrected chi connectivity index (χ4v) is 1.60. The van der Waals surface area contributed by atoms with Crippen LogP contribution >= 0.6 is 0 Å². The maximum absolute atomic E-state index is 11.1. The van der Waals surface area contributed by atoms with Gasteiger partial charge in [0.05, 0.1) is 6.61 Å². The number of esters is 1. The van der Waals surface area contributed by atoms with Crippen molar-refractivity contribution in [3.05, 3.63) is 42.0 Å². The molecule has 0 heterocycles. The van der Waals surface area contributed by atoms with E-state index in [1.165, 1.54) is 0 Å². The molecule has 0 saturated carbocycles. The number of benzene rings is 2. The van der Waals surface area contributed by atoms with Gasteiger partial charge in [0, 0.05) is 11.5 Å². The number of aromatic hydroxyl groups is 1. The van der Waals surface area contributed by atoms with Gasteiger partial charge in [-0.25, -0.2) is 4.79 Å². The largest absolute Gasteiger partial charge is 0.508 e. The Bertz CT molecular complexity index is 648. The van der Waals surface area contributed by atoms with Crippen LogP contribution in [0.4, 0.5) is 0 Å². The summed E-state index contributed by atoms with van der Waals surface area (Å²) in [5.41, 5.74) is 0.709. The smallest absolute Gasteiger partial charge is 0.384 e. The third-order valence-electron chi connectivity index (χ3n) is 2.41. The molecule has 2 aromatic carbocycles. The molecule has 0 fully saturated rings. The molecule has 2 rings (SSSR count). The van der Waals surface area contributed by atoms with Gasteiger partial charge >= 0.3 is 5.97 Å². The summed E-state index contributed by atoms with van der Waals surface area (Å²) in [7, 11) is 0. The number of phenolic OH excluding ortho intramolecular Hbond substituents is 1. The molecular formula is C15H12O3. The Labute approximate surface area is 105 Å². The first-order valence-corrected chi connectivity index (χ1v) is 5.60. The summed E-state index contributed by atoms with van der Waals surface area (Å²) in [6.45, 7) is 2.05. The van der Waals surface area contributed by atoms with E-state index in [1.54, 1.807) is 19.1 Å². The predicted octanol–water partition coefficient (Wildman–Crippen LogP) is 2.46. The van der Waals surface area contributed by atoms with Crippen LogP contribution in [0.1, 0.15) is 12.5 Å². The molecule has 0 spiro atoms. The van der Waals surface area contributed by atoms with Crippen LogP contribution in [-0.2, 0) is 9.53 Å². The molecule has 0 bridgehead atoms. The Kier molecular flexibility index (Phi) is 3.49. The highest BCUT2D eigenvalue weighted by molar-refractivity contribution is 5.90. The van der Waals surface area contributed by atoms with E-state index in [0.29, 0.717) is 12.2 Å². The number of hydrogen-bond acceptors (Lipinski definition) is 3. The third-order valence-corrected chi connectivity index (χ3v) is 2.41. The highest BCUT2D eigenvalue weighted by Gasteiger charge is 1.97. The van der Waals surface area contributed by atoms with Gasteiger partial charge in [0.15, 0.2) is 0 Å². The van der Waals surface area contributed by atoms with Crippen LogP contribution in [0.15, 0.2) is 36.4 Å². The second kappa shape index (κ2) is 5.24. The van der Waals surface area contributed by atoms with Crippen LogP contribution in [0.25, 0.3) is 10.8 Å². The molecule has 0 aromatic heterocycles. The van der Waals surface area contributed by atoms with Crippen molar-refractivity contribution >= 4 is 16.7 Å². The van der Waals surface area contributed by atoms with Crippen LogP contribution in [0.2, 0.25) is 0 Å². The minimum atomic E-state index is -0.534. The van der Waals surface area contributed by atoms with E-state index in [9.17, 15) is 9.90 Å². The molecule has 1 N–H and O–H groups in total. The van der Waals surface area contributed by atoms with Gasteiger partial charge in [-0.3, -0.25) is 0 Å². The summed E-state index contributed by atoms with van der Waals surface area (Å²) in [6, 6.07) is 10.7. The number of carbonyl (C=O) groups is 1. The van der Waals surface area contributed by atoms with E-state index in [1.807, 2.05) is 24.3 Å². The fraction of sp³-hybridized carbons (Fsp3) is 0.133. The second-order valence-electron chi connectivity index (χ2n) is 3.72. The van der Waals surface area contributed by atoms with Crippen molar-refractivity contribution in [2.24, 2.45) is 0 Å². The monoisotopic (exact) mass is 240 g/mol. The normalized spacial score (nSPS) is 9.61. The van der Waals surface area contributed by atoms with E-state index in [2.05, 4.69) is 11.8 Å². The van der Waals surface area contributed by atoms with Crippen molar-refractivity contribution in [1.82, 2.24) is 0 Å². The number of phenols is 1. The number of ether oxygens (including phenoxy) is 1. The van der Waals surface area contributed by atoms with Crippen LogP contribution in [-0.4, -0.2) is 17.7 Å². The predicted molar refractivity (Wildman–Crippen MR) is 69.1 cm³/mol. The van der Waals surface area contributed by atoms with Crippen LogP contribution in [0, 0.1) is 11.8 Å². The molecule has 2 aromatic rings. The lowest BCUT2D eigenvalue weighted by atomic mass is 10.1. The molecule has 0 saturated heterocycles. The molecule has 0 unspecified atom stereocenters. The van der Waals surface area contributed by atoms with Gasteiger partial charge in [0.2, 0.25) is 0 Å². The van der Waals surface area contributed by atoms with Gasteiger partial charge in [-0.05, 0) is 42.0 Å². The topological polar surface area (TPSA) is 46.5 Å². The Balaban J connectivity index is 2.32. The summed E-state index contributed by atoms with van der Waals surface area (Å²) in [4.78, 5) is 11.1. The molecule has 0 aliphatic heterocycles. The fourth-order valence-electron chi connectivity index (χ4n) is 1.60. The summed E-state index contributed by atoms with van der Waals surface area (Å²) >= 11 is 0. The zero-order chi connectivity index (χ0) is 13.0. The van der Waals surface area contributed by atoms with Crippen molar-refractivity contribution in [1.29, 1.82) is 0 Å². The molecule has 3 heteroatoms. The van der Waals surface area contributed by atoms with Gasteiger partial charge in [0.25, 0.3) is 0 Å². The van der Waals surface area contributed by atoms with Crippen molar-refractivity contribution in [3.63, 3.8) is 0 Å². The summed E-state index contributed by atoms with van der Waals surface area (Å²) in [6.07, 6.45) is 0. The average molecular weight is 240 g/mol. The first-order chi connectivity index (χ1) is 8.69. The zero-order valence-corrected chi connectivity index (χ0v) is 9.93. The number of fused-ring (bicyclic) bond motifs is 1. The number of hydrogen-bond donors (Lipinski definition) is 1. The van der Waals surface area contributed by atoms with Crippen LogP contribution in [0.3, 0.4) is 0 Å². The van der Waals surface area contributed by atoms with Crippen LogP contribution < -0.4 is 0 Å². The molecule has 0 atom stereocenters. The molecule has 0 radical (unpaired) electrons. The van der Waals surface area contributed by atoms with E-state index in [0.717, 1.165) is 10.8 Å². The standard InChI is InChI=1S/C15H12O3/c1-2-18-15(17)8-4-11-3-5-12-6-7-14(16)10-13(12)9-11/h3,5-7,9-10,16H,2H2,1H3. The Morgan fingerprint density at radius 1 is 1.22 bits per heavy atom. The third kappa shape index (κ3) is 2.80. The first kappa shape index (κ1) is 12.0. The summed E-state index contributed by atoms with van der Waals surface area (Å²) in [5, 5.41) is 11.3. The summed E-state index contributed by atoms with van der Waals surface area (Å²) in [5.74, 6) is 4.81. The van der Waals surface area contributed by atoms with Gasteiger partial charge < -0.3 is 9.84 Å². The van der Waals surface area contributed by atoms with Crippen molar-refractivity contribution in [2.45, 2.75) is 6.92 Å².